The summed E-state index contributed by atoms with van der Waals surface area (Å²) < 4.78 is 21.3. The molecule has 2 fully saturated rings. The third-order valence-electron chi connectivity index (χ3n) is 4.89. The minimum atomic E-state index is -0.150. The molecule has 0 atom stereocenters. The number of esters is 2. The number of hydrogen-bond donors (Lipinski definition) is 0. The summed E-state index contributed by atoms with van der Waals surface area (Å²) in [6.45, 7) is 3.03. The molecule has 3 rings (SSSR count). The highest BCUT2D eigenvalue weighted by molar-refractivity contribution is 5.73. The molecule has 0 saturated carbocycles. The SMILES string of the molecule is O=C(OCc1ccc(COC(=O)C2CCOCC2)cc1)C1CCOCC1. The zero-order chi connectivity index (χ0) is 18.2. The molecule has 6 heteroatoms. The van der Waals surface area contributed by atoms with Crippen LogP contribution in [-0.4, -0.2) is 38.4 Å². The van der Waals surface area contributed by atoms with E-state index in [4.69, 9.17) is 18.9 Å². The van der Waals surface area contributed by atoms with Crippen LogP contribution in [0.3, 0.4) is 0 Å². The van der Waals surface area contributed by atoms with Crippen LogP contribution < -0.4 is 0 Å². The van der Waals surface area contributed by atoms with Gasteiger partial charge in [-0.05, 0) is 36.8 Å². The minimum Gasteiger partial charge on any atom is -0.461 e. The number of benzene rings is 1. The molecule has 0 bridgehead atoms. The average molecular weight is 362 g/mol. The molecule has 0 aromatic heterocycles. The molecule has 26 heavy (non-hydrogen) atoms. The fourth-order valence-corrected chi connectivity index (χ4v) is 3.14. The van der Waals surface area contributed by atoms with Crippen molar-refractivity contribution >= 4 is 11.9 Å². The second-order valence-electron chi connectivity index (χ2n) is 6.81. The molecule has 0 N–H and O–H groups in total. The van der Waals surface area contributed by atoms with Crippen molar-refractivity contribution in [3.05, 3.63) is 35.4 Å². The van der Waals surface area contributed by atoms with E-state index < -0.39 is 0 Å². The highest BCUT2D eigenvalue weighted by atomic mass is 16.5. The highest BCUT2D eigenvalue weighted by Gasteiger charge is 2.23. The van der Waals surface area contributed by atoms with Crippen molar-refractivity contribution in [1.82, 2.24) is 0 Å². The zero-order valence-electron chi connectivity index (χ0n) is 15.0. The molecular formula is C20H26O6. The van der Waals surface area contributed by atoms with Crippen molar-refractivity contribution in [2.45, 2.75) is 38.9 Å². The Labute approximate surface area is 153 Å². The van der Waals surface area contributed by atoms with Gasteiger partial charge in [-0.3, -0.25) is 9.59 Å². The predicted molar refractivity (Wildman–Crippen MR) is 93.1 cm³/mol. The summed E-state index contributed by atoms with van der Waals surface area (Å²) in [5.41, 5.74) is 1.84. The van der Waals surface area contributed by atoms with Crippen molar-refractivity contribution < 1.29 is 28.5 Å². The van der Waals surface area contributed by atoms with Gasteiger partial charge in [0, 0.05) is 26.4 Å². The maximum atomic E-state index is 12.0. The van der Waals surface area contributed by atoms with Crippen molar-refractivity contribution in [1.29, 1.82) is 0 Å². The third kappa shape index (κ3) is 5.54. The predicted octanol–water partition coefficient (Wildman–Crippen LogP) is 2.63. The van der Waals surface area contributed by atoms with Gasteiger partial charge in [0.2, 0.25) is 0 Å². The van der Waals surface area contributed by atoms with Crippen LogP contribution in [0, 0.1) is 11.8 Å². The summed E-state index contributed by atoms with van der Waals surface area (Å²) >= 11 is 0. The van der Waals surface area contributed by atoms with Crippen molar-refractivity contribution in [2.24, 2.45) is 11.8 Å². The number of carbonyl (C=O) groups is 2. The second kappa shape index (κ2) is 9.69. The van der Waals surface area contributed by atoms with Crippen LogP contribution in [0.15, 0.2) is 24.3 Å². The van der Waals surface area contributed by atoms with Gasteiger partial charge in [-0.2, -0.15) is 0 Å². The lowest BCUT2D eigenvalue weighted by molar-refractivity contribution is -0.153. The lowest BCUT2D eigenvalue weighted by Gasteiger charge is -2.20. The van der Waals surface area contributed by atoms with E-state index in [-0.39, 0.29) is 37.0 Å². The van der Waals surface area contributed by atoms with E-state index in [1.165, 1.54) is 0 Å². The molecule has 2 saturated heterocycles. The van der Waals surface area contributed by atoms with E-state index in [1.807, 2.05) is 24.3 Å². The normalized spacial score (nSPS) is 19.1. The largest absolute Gasteiger partial charge is 0.461 e. The van der Waals surface area contributed by atoms with Crippen molar-refractivity contribution in [2.75, 3.05) is 26.4 Å². The van der Waals surface area contributed by atoms with Gasteiger partial charge in [0.1, 0.15) is 13.2 Å². The molecule has 2 heterocycles. The summed E-state index contributed by atoms with van der Waals surface area (Å²) in [5.74, 6) is -0.397. The maximum Gasteiger partial charge on any atom is 0.309 e. The van der Waals surface area contributed by atoms with Crippen LogP contribution >= 0.6 is 0 Å². The van der Waals surface area contributed by atoms with E-state index in [9.17, 15) is 9.59 Å². The number of ether oxygens (including phenoxy) is 4. The molecule has 0 unspecified atom stereocenters. The highest BCUT2D eigenvalue weighted by Crippen LogP contribution is 2.18. The summed E-state index contributed by atoms with van der Waals surface area (Å²) in [6, 6.07) is 7.59. The lowest BCUT2D eigenvalue weighted by Crippen LogP contribution is -2.25. The average Bonchev–Trinajstić information content (AvgIpc) is 2.72. The number of rotatable bonds is 6. The Morgan fingerprint density at radius 1 is 0.731 bits per heavy atom. The molecular weight excluding hydrogens is 336 g/mol. The molecule has 0 radical (unpaired) electrons. The van der Waals surface area contributed by atoms with Gasteiger partial charge in [0.25, 0.3) is 0 Å². The van der Waals surface area contributed by atoms with Crippen LogP contribution in [0.4, 0.5) is 0 Å². The third-order valence-corrected chi connectivity index (χ3v) is 4.89. The minimum absolute atomic E-state index is 0.0485. The maximum absolute atomic E-state index is 12.0. The van der Waals surface area contributed by atoms with Gasteiger partial charge in [0.05, 0.1) is 11.8 Å². The molecule has 0 amide bonds. The van der Waals surface area contributed by atoms with Crippen molar-refractivity contribution in [3.8, 4) is 0 Å². The van der Waals surface area contributed by atoms with E-state index in [0.29, 0.717) is 26.4 Å². The Balaban J connectivity index is 1.40. The summed E-state index contributed by atoms with van der Waals surface area (Å²) in [4.78, 5) is 24.0. The second-order valence-corrected chi connectivity index (χ2v) is 6.81. The quantitative estimate of drug-likeness (QED) is 0.725. The molecule has 6 nitrogen and oxygen atoms in total. The summed E-state index contributed by atoms with van der Waals surface area (Å²) in [7, 11) is 0. The van der Waals surface area contributed by atoms with Gasteiger partial charge in [0.15, 0.2) is 0 Å². The monoisotopic (exact) mass is 362 g/mol. The Morgan fingerprint density at radius 3 is 1.42 bits per heavy atom. The molecule has 2 aliphatic heterocycles. The first kappa shape index (κ1) is 18.9. The Bertz CT molecular complexity index is 532. The lowest BCUT2D eigenvalue weighted by atomic mass is 10.0. The first-order valence-corrected chi connectivity index (χ1v) is 9.29. The van der Waals surface area contributed by atoms with Crippen LogP contribution in [0.25, 0.3) is 0 Å². The first-order valence-electron chi connectivity index (χ1n) is 9.29. The van der Waals surface area contributed by atoms with Crippen LogP contribution in [-0.2, 0) is 41.8 Å². The van der Waals surface area contributed by atoms with Crippen LogP contribution in [0.5, 0.6) is 0 Å². The van der Waals surface area contributed by atoms with Gasteiger partial charge in [-0.15, -0.1) is 0 Å². The standard InChI is InChI=1S/C20H26O6/c21-19(17-5-9-23-10-6-17)25-13-15-1-2-16(4-3-15)14-26-20(22)18-7-11-24-12-8-18/h1-4,17-18H,5-14H2. The van der Waals surface area contributed by atoms with Crippen molar-refractivity contribution in [3.63, 3.8) is 0 Å². The topological polar surface area (TPSA) is 71.1 Å². The van der Waals surface area contributed by atoms with E-state index in [1.54, 1.807) is 0 Å². The Hall–Kier alpha value is -1.92. The van der Waals surface area contributed by atoms with Crippen LogP contribution in [0.2, 0.25) is 0 Å². The molecule has 1 aromatic carbocycles. The fraction of sp³-hybridized carbons (Fsp3) is 0.600. The summed E-state index contributed by atoms with van der Waals surface area (Å²) in [5, 5.41) is 0. The first-order chi connectivity index (χ1) is 12.7. The Kier molecular flexibility index (Phi) is 7.03. The van der Waals surface area contributed by atoms with Gasteiger partial charge >= 0.3 is 11.9 Å². The molecule has 2 aliphatic rings. The zero-order valence-corrected chi connectivity index (χ0v) is 15.0. The van der Waals surface area contributed by atoms with Crippen LogP contribution in [0.1, 0.15) is 36.8 Å². The van der Waals surface area contributed by atoms with E-state index in [0.717, 1.165) is 36.8 Å². The van der Waals surface area contributed by atoms with E-state index >= 15 is 0 Å². The number of hydrogen-bond acceptors (Lipinski definition) is 6. The molecule has 0 spiro atoms. The van der Waals surface area contributed by atoms with Gasteiger partial charge in [-0.1, -0.05) is 24.3 Å². The van der Waals surface area contributed by atoms with E-state index in [2.05, 4.69) is 0 Å². The summed E-state index contributed by atoms with van der Waals surface area (Å²) in [6.07, 6.45) is 2.93. The fourth-order valence-electron chi connectivity index (χ4n) is 3.14. The van der Waals surface area contributed by atoms with Gasteiger partial charge in [-0.25, -0.2) is 0 Å². The number of carbonyl (C=O) groups excluding carboxylic acids is 2. The smallest absolute Gasteiger partial charge is 0.309 e. The molecule has 142 valence electrons. The van der Waals surface area contributed by atoms with Gasteiger partial charge < -0.3 is 18.9 Å². The molecule has 0 aliphatic carbocycles. The molecule has 1 aromatic rings. The Morgan fingerprint density at radius 2 is 1.08 bits per heavy atom.